The second-order valence-electron chi connectivity index (χ2n) is 6.83. The van der Waals surface area contributed by atoms with Crippen molar-refractivity contribution in [1.82, 2.24) is 15.4 Å². The van der Waals surface area contributed by atoms with Crippen molar-refractivity contribution in [2.45, 2.75) is 50.6 Å². The molecule has 6 nitrogen and oxygen atoms in total. The van der Waals surface area contributed by atoms with Crippen LogP contribution in [0.5, 0.6) is 0 Å². The maximum absolute atomic E-state index is 11.0. The number of hydroxylamine groups is 1. The Bertz CT molecular complexity index is 632. The monoisotopic (exact) mass is 364 g/mol. The number of aromatic nitrogens is 1. The highest BCUT2D eigenvalue weighted by Crippen LogP contribution is 2.28. The first kappa shape index (κ1) is 18.2. The molecular weight excluding hydrogens is 340 g/mol. The SMILES string of the molecule is O=C(C=Cc1cnc(N[C@@H]2CCCN(C3CCCC3)C2)c(Cl)c1)NO. The highest BCUT2D eigenvalue weighted by Gasteiger charge is 2.28. The van der Waals surface area contributed by atoms with Crippen molar-refractivity contribution in [3.63, 3.8) is 0 Å². The number of anilines is 1. The number of hydrogen-bond donors (Lipinski definition) is 3. The molecule has 0 spiro atoms. The molecule has 1 aromatic rings. The number of amides is 1. The lowest BCUT2D eigenvalue weighted by atomic mass is 10.0. The predicted octanol–water partition coefficient (Wildman–Crippen LogP) is 3.07. The number of nitrogens with zero attached hydrogens (tertiary/aromatic N) is 2. The lowest BCUT2D eigenvalue weighted by Crippen LogP contribution is -2.46. The van der Waals surface area contributed by atoms with Crippen molar-refractivity contribution >= 4 is 29.4 Å². The van der Waals surface area contributed by atoms with Gasteiger partial charge in [0.1, 0.15) is 5.82 Å². The number of carbonyl (C=O) groups excluding carboxylic acids is 1. The van der Waals surface area contributed by atoms with Gasteiger partial charge in [-0.05, 0) is 49.9 Å². The van der Waals surface area contributed by atoms with Crippen molar-refractivity contribution in [2.24, 2.45) is 0 Å². The minimum absolute atomic E-state index is 0.362. The van der Waals surface area contributed by atoms with Gasteiger partial charge < -0.3 is 5.32 Å². The van der Waals surface area contributed by atoms with Crippen molar-refractivity contribution in [3.05, 3.63) is 28.9 Å². The fourth-order valence-electron chi connectivity index (χ4n) is 3.78. The summed E-state index contributed by atoms with van der Waals surface area (Å²) in [6, 6.07) is 2.87. The van der Waals surface area contributed by atoms with E-state index in [0.717, 1.165) is 19.0 Å². The Morgan fingerprint density at radius 3 is 2.84 bits per heavy atom. The molecule has 1 amide bonds. The molecule has 1 aliphatic heterocycles. The van der Waals surface area contributed by atoms with Crippen molar-refractivity contribution < 1.29 is 10.0 Å². The van der Waals surface area contributed by atoms with Crippen LogP contribution in [0.4, 0.5) is 5.82 Å². The summed E-state index contributed by atoms with van der Waals surface area (Å²) < 4.78 is 0. The lowest BCUT2D eigenvalue weighted by Gasteiger charge is -2.37. The number of pyridine rings is 1. The average molecular weight is 365 g/mol. The van der Waals surface area contributed by atoms with Gasteiger partial charge in [0.05, 0.1) is 5.02 Å². The molecule has 7 heteroatoms. The van der Waals surface area contributed by atoms with E-state index in [1.165, 1.54) is 44.7 Å². The Morgan fingerprint density at radius 1 is 1.32 bits per heavy atom. The maximum Gasteiger partial charge on any atom is 0.267 e. The minimum atomic E-state index is -0.590. The van der Waals surface area contributed by atoms with Gasteiger partial charge in [0.2, 0.25) is 0 Å². The molecule has 2 fully saturated rings. The Labute approximate surface area is 153 Å². The summed E-state index contributed by atoms with van der Waals surface area (Å²) in [4.78, 5) is 18.0. The van der Waals surface area contributed by atoms with Crippen LogP contribution in [0, 0.1) is 0 Å². The van der Waals surface area contributed by atoms with Gasteiger partial charge in [0, 0.05) is 30.9 Å². The highest BCUT2D eigenvalue weighted by atomic mass is 35.5. The first-order chi connectivity index (χ1) is 12.2. The van der Waals surface area contributed by atoms with Crippen LogP contribution in [0.2, 0.25) is 5.02 Å². The van der Waals surface area contributed by atoms with Crippen LogP contribution in [-0.4, -0.2) is 46.2 Å². The van der Waals surface area contributed by atoms with Crippen molar-refractivity contribution in [2.75, 3.05) is 18.4 Å². The zero-order chi connectivity index (χ0) is 17.6. The maximum atomic E-state index is 11.0. The third kappa shape index (κ3) is 4.93. The zero-order valence-corrected chi connectivity index (χ0v) is 15.0. The molecule has 2 aliphatic rings. The molecule has 1 aromatic heterocycles. The van der Waals surface area contributed by atoms with Gasteiger partial charge >= 0.3 is 0 Å². The highest BCUT2D eigenvalue weighted by molar-refractivity contribution is 6.33. The lowest BCUT2D eigenvalue weighted by molar-refractivity contribution is -0.124. The van der Waals surface area contributed by atoms with Crippen molar-refractivity contribution in [3.8, 4) is 0 Å². The van der Waals surface area contributed by atoms with Crippen LogP contribution in [0.25, 0.3) is 6.08 Å². The number of hydrogen-bond acceptors (Lipinski definition) is 5. The van der Waals surface area contributed by atoms with E-state index in [2.05, 4.69) is 15.2 Å². The van der Waals surface area contributed by atoms with E-state index in [1.807, 2.05) is 0 Å². The second-order valence-corrected chi connectivity index (χ2v) is 7.23. The normalized spacial score (nSPS) is 22.4. The van der Waals surface area contributed by atoms with Gasteiger partial charge in [-0.15, -0.1) is 0 Å². The van der Waals surface area contributed by atoms with Gasteiger partial charge in [0.25, 0.3) is 5.91 Å². The fraction of sp³-hybridized carbons (Fsp3) is 0.556. The minimum Gasteiger partial charge on any atom is -0.365 e. The molecule has 1 atom stereocenters. The molecule has 0 aromatic carbocycles. The molecule has 0 radical (unpaired) electrons. The molecule has 1 saturated carbocycles. The van der Waals surface area contributed by atoms with Gasteiger partial charge in [0.15, 0.2) is 0 Å². The number of halogens is 1. The van der Waals surface area contributed by atoms with E-state index >= 15 is 0 Å². The van der Waals surface area contributed by atoms with E-state index < -0.39 is 5.91 Å². The first-order valence-electron chi connectivity index (χ1n) is 8.94. The molecule has 136 valence electrons. The Morgan fingerprint density at radius 2 is 2.12 bits per heavy atom. The van der Waals surface area contributed by atoms with E-state index in [-0.39, 0.29) is 0 Å². The zero-order valence-electron chi connectivity index (χ0n) is 14.2. The van der Waals surface area contributed by atoms with Crippen LogP contribution >= 0.6 is 11.6 Å². The standard InChI is InChI=1S/C18H25ClN4O2/c19-16-10-13(7-8-17(24)22-25)11-20-18(16)21-14-4-3-9-23(12-14)15-5-1-2-6-15/h7-8,10-11,14-15,25H,1-6,9,12H2,(H,20,21)(H,22,24)/t14-/m1/s1. The Balaban J connectivity index is 1.60. The third-order valence-corrected chi connectivity index (χ3v) is 5.32. The summed E-state index contributed by atoms with van der Waals surface area (Å²) in [5.41, 5.74) is 2.25. The molecule has 0 bridgehead atoms. The fourth-order valence-corrected chi connectivity index (χ4v) is 4.01. The topological polar surface area (TPSA) is 77.5 Å². The average Bonchev–Trinajstić information content (AvgIpc) is 3.17. The van der Waals surface area contributed by atoms with Crippen molar-refractivity contribution in [1.29, 1.82) is 0 Å². The first-order valence-corrected chi connectivity index (χ1v) is 9.32. The predicted molar refractivity (Wildman–Crippen MR) is 98.7 cm³/mol. The number of piperidine rings is 1. The molecule has 1 saturated heterocycles. The smallest absolute Gasteiger partial charge is 0.267 e. The van der Waals surface area contributed by atoms with Crippen LogP contribution in [0.15, 0.2) is 18.3 Å². The Kier molecular flexibility index (Phi) is 6.29. The molecule has 1 aliphatic carbocycles. The molecule has 0 unspecified atom stereocenters. The number of rotatable bonds is 5. The summed E-state index contributed by atoms with van der Waals surface area (Å²) in [7, 11) is 0. The van der Waals surface area contributed by atoms with E-state index in [9.17, 15) is 4.79 Å². The summed E-state index contributed by atoms with van der Waals surface area (Å²) in [5.74, 6) is 0.0937. The van der Waals surface area contributed by atoms with Crippen LogP contribution < -0.4 is 10.8 Å². The third-order valence-electron chi connectivity index (χ3n) is 5.03. The van der Waals surface area contributed by atoms with E-state index in [0.29, 0.717) is 22.4 Å². The second kappa shape index (κ2) is 8.65. The van der Waals surface area contributed by atoms with Gasteiger partial charge in [-0.25, -0.2) is 10.5 Å². The molecule has 2 heterocycles. The van der Waals surface area contributed by atoms with Crippen LogP contribution in [-0.2, 0) is 4.79 Å². The largest absolute Gasteiger partial charge is 0.365 e. The van der Waals surface area contributed by atoms with Gasteiger partial charge in [-0.2, -0.15) is 0 Å². The molecule has 3 rings (SSSR count). The molecule has 3 N–H and O–H groups in total. The summed E-state index contributed by atoms with van der Waals surface area (Å²) in [6.45, 7) is 2.24. The van der Waals surface area contributed by atoms with Crippen LogP contribution in [0.3, 0.4) is 0 Å². The summed E-state index contributed by atoms with van der Waals surface area (Å²) in [6.07, 6.45) is 12.1. The molecule has 25 heavy (non-hydrogen) atoms. The van der Waals surface area contributed by atoms with Gasteiger partial charge in [-0.1, -0.05) is 24.4 Å². The number of likely N-dealkylation sites (tertiary alicyclic amines) is 1. The quantitative estimate of drug-likeness (QED) is 0.425. The summed E-state index contributed by atoms with van der Waals surface area (Å²) in [5, 5.41) is 12.5. The number of nitrogens with one attached hydrogen (secondary N) is 2. The number of carbonyl (C=O) groups is 1. The Hall–Kier alpha value is -1.63. The van der Waals surface area contributed by atoms with Crippen LogP contribution in [0.1, 0.15) is 44.1 Å². The molecular formula is C18H25ClN4O2. The van der Waals surface area contributed by atoms with E-state index in [4.69, 9.17) is 16.8 Å². The van der Waals surface area contributed by atoms with E-state index in [1.54, 1.807) is 23.8 Å². The summed E-state index contributed by atoms with van der Waals surface area (Å²) >= 11 is 6.34. The van der Waals surface area contributed by atoms with Gasteiger partial charge in [-0.3, -0.25) is 14.9 Å².